The van der Waals surface area contributed by atoms with Gasteiger partial charge in [0.2, 0.25) is 21.8 Å². The van der Waals surface area contributed by atoms with Gasteiger partial charge in [0.25, 0.3) is 0 Å². The van der Waals surface area contributed by atoms with Gasteiger partial charge in [-0.25, -0.2) is 13.0 Å². The van der Waals surface area contributed by atoms with Crippen molar-refractivity contribution in [2.24, 2.45) is 0 Å². The normalized spacial score (nSPS) is 19.4. The predicted octanol–water partition coefficient (Wildman–Crippen LogP) is 1.49. The summed E-state index contributed by atoms with van der Waals surface area (Å²) >= 11 is 0. The second kappa shape index (κ2) is 6.41. The summed E-state index contributed by atoms with van der Waals surface area (Å²) in [6.45, 7) is 4.37. The number of aromatic nitrogens is 4. The molecule has 1 aliphatic rings. The van der Waals surface area contributed by atoms with E-state index < -0.39 is 16.1 Å². The number of nitrogens with zero attached hydrogens (tertiary/aromatic N) is 5. The van der Waals surface area contributed by atoms with Crippen molar-refractivity contribution in [1.29, 1.82) is 0 Å². The summed E-state index contributed by atoms with van der Waals surface area (Å²) in [5.74, 6) is 0.842. The van der Waals surface area contributed by atoms with Gasteiger partial charge < -0.3 is 9.15 Å². The van der Waals surface area contributed by atoms with Crippen LogP contribution in [-0.4, -0.2) is 52.9 Å². The van der Waals surface area contributed by atoms with Gasteiger partial charge in [0.1, 0.15) is 16.5 Å². The molecule has 3 heterocycles. The van der Waals surface area contributed by atoms with Crippen molar-refractivity contribution in [1.82, 2.24) is 24.8 Å². The Balaban J connectivity index is 1.63. The van der Waals surface area contributed by atoms with Crippen molar-refractivity contribution in [3.63, 3.8) is 0 Å². The Hall–Kier alpha value is -2.37. The van der Waals surface area contributed by atoms with Gasteiger partial charge >= 0.3 is 0 Å². The molecule has 11 heteroatoms. The Bertz CT molecular complexity index is 1030. The van der Waals surface area contributed by atoms with Crippen molar-refractivity contribution < 1.29 is 22.2 Å². The van der Waals surface area contributed by atoms with Gasteiger partial charge in [0, 0.05) is 19.0 Å². The van der Waals surface area contributed by atoms with E-state index in [1.54, 1.807) is 12.1 Å². The van der Waals surface area contributed by atoms with E-state index in [4.69, 9.17) is 9.15 Å². The smallest absolute Gasteiger partial charge is 0.246 e. The molecule has 0 unspecified atom stereocenters. The molecule has 0 spiro atoms. The quantitative estimate of drug-likeness (QED) is 0.663. The zero-order valence-electron chi connectivity index (χ0n) is 14.2. The first kappa shape index (κ1) is 17.1. The van der Waals surface area contributed by atoms with E-state index in [1.807, 2.05) is 13.8 Å². The third-order valence-electron chi connectivity index (χ3n) is 4.12. The molecule has 0 aliphatic carbocycles. The Morgan fingerprint density at radius 1 is 1.23 bits per heavy atom. The van der Waals surface area contributed by atoms with Crippen LogP contribution in [0, 0.1) is 0 Å². The SMILES string of the molecule is CC(C)c1nnc([C@H]2CN(S(=O)(=O)c3cccc4nonc34)CCO2)o1. The van der Waals surface area contributed by atoms with Crippen molar-refractivity contribution in [2.45, 2.75) is 30.8 Å². The molecule has 4 rings (SSSR count). The van der Waals surface area contributed by atoms with E-state index in [0.717, 1.165) is 0 Å². The monoisotopic (exact) mass is 379 g/mol. The van der Waals surface area contributed by atoms with Gasteiger partial charge in [-0.1, -0.05) is 19.9 Å². The fraction of sp³-hybridized carbons (Fsp3) is 0.467. The molecule has 3 aromatic rings. The van der Waals surface area contributed by atoms with Crippen LogP contribution >= 0.6 is 0 Å². The summed E-state index contributed by atoms with van der Waals surface area (Å²) in [7, 11) is -3.81. The van der Waals surface area contributed by atoms with Crippen LogP contribution in [0.25, 0.3) is 11.0 Å². The third kappa shape index (κ3) is 2.87. The number of hydrogen-bond donors (Lipinski definition) is 0. The van der Waals surface area contributed by atoms with Crippen LogP contribution in [0.4, 0.5) is 0 Å². The van der Waals surface area contributed by atoms with Crippen LogP contribution in [0.15, 0.2) is 32.1 Å². The minimum absolute atomic E-state index is 0.0466. The average Bonchev–Trinajstić information content (AvgIpc) is 3.31. The summed E-state index contributed by atoms with van der Waals surface area (Å²) in [6.07, 6.45) is -0.617. The van der Waals surface area contributed by atoms with Gasteiger partial charge in [0.05, 0.1) is 6.61 Å². The lowest BCUT2D eigenvalue weighted by molar-refractivity contribution is -0.0179. The molecule has 1 atom stereocenters. The first-order valence-electron chi connectivity index (χ1n) is 8.13. The molecule has 1 aliphatic heterocycles. The highest BCUT2D eigenvalue weighted by atomic mass is 32.2. The predicted molar refractivity (Wildman–Crippen MR) is 87.6 cm³/mol. The fourth-order valence-electron chi connectivity index (χ4n) is 2.73. The molecular formula is C15H17N5O5S. The first-order chi connectivity index (χ1) is 12.5. The van der Waals surface area contributed by atoms with Gasteiger partial charge in [0.15, 0.2) is 5.52 Å². The standard InChI is InChI=1S/C15H17N5O5S/c1-9(2)14-16-17-15(24-14)11-8-20(6-7-23-11)26(21,22)12-5-3-4-10-13(12)19-25-18-10/h3-5,9,11H,6-8H2,1-2H3/t11-/m1/s1. The van der Waals surface area contributed by atoms with E-state index in [9.17, 15) is 8.42 Å². The van der Waals surface area contributed by atoms with E-state index in [2.05, 4.69) is 25.1 Å². The van der Waals surface area contributed by atoms with Crippen LogP contribution in [0.2, 0.25) is 0 Å². The summed E-state index contributed by atoms with van der Waals surface area (Å²) in [5, 5.41) is 15.4. The lowest BCUT2D eigenvalue weighted by atomic mass is 10.2. The Morgan fingerprint density at radius 2 is 2.08 bits per heavy atom. The zero-order valence-corrected chi connectivity index (χ0v) is 15.0. The van der Waals surface area contributed by atoms with E-state index in [-0.39, 0.29) is 41.9 Å². The second-order valence-corrected chi connectivity index (χ2v) is 8.15. The van der Waals surface area contributed by atoms with Gasteiger partial charge in [-0.2, -0.15) is 4.31 Å². The highest BCUT2D eigenvalue weighted by Crippen LogP contribution is 2.29. The molecule has 10 nitrogen and oxygen atoms in total. The molecule has 1 aromatic carbocycles. The van der Waals surface area contributed by atoms with Crippen molar-refractivity contribution in [3.8, 4) is 0 Å². The molecule has 0 amide bonds. The lowest BCUT2D eigenvalue weighted by Crippen LogP contribution is -2.42. The highest BCUT2D eigenvalue weighted by molar-refractivity contribution is 7.89. The van der Waals surface area contributed by atoms with Crippen LogP contribution in [0.5, 0.6) is 0 Å². The Kier molecular flexibility index (Phi) is 4.21. The number of rotatable bonds is 4. The number of fused-ring (bicyclic) bond motifs is 1. The lowest BCUT2D eigenvalue weighted by Gasteiger charge is -2.30. The molecule has 1 fully saturated rings. The number of benzene rings is 1. The molecule has 0 radical (unpaired) electrons. The van der Waals surface area contributed by atoms with Crippen LogP contribution in [0.3, 0.4) is 0 Å². The van der Waals surface area contributed by atoms with Gasteiger partial charge in [-0.05, 0) is 22.4 Å². The van der Waals surface area contributed by atoms with Gasteiger partial charge in [-0.3, -0.25) is 0 Å². The second-order valence-electron chi connectivity index (χ2n) is 6.24. The largest absolute Gasteiger partial charge is 0.422 e. The first-order valence-corrected chi connectivity index (χ1v) is 9.57. The zero-order chi connectivity index (χ0) is 18.3. The molecule has 2 aromatic heterocycles. The molecule has 26 heavy (non-hydrogen) atoms. The topological polar surface area (TPSA) is 124 Å². The molecule has 0 N–H and O–H groups in total. The minimum atomic E-state index is -3.81. The molecule has 0 bridgehead atoms. The molecule has 138 valence electrons. The van der Waals surface area contributed by atoms with E-state index in [0.29, 0.717) is 11.4 Å². The Labute approximate surface area is 149 Å². The maximum absolute atomic E-state index is 13.1. The summed E-state index contributed by atoms with van der Waals surface area (Å²) in [4.78, 5) is 0.0466. The average molecular weight is 379 g/mol. The van der Waals surface area contributed by atoms with Crippen LogP contribution < -0.4 is 0 Å². The van der Waals surface area contributed by atoms with E-state index >= 15 is 0 Å². The fourth-order valence-corrected chi connectivity index (χ4v) is 4.29. The van der Waals surface area contributed by atoms with Crippen molar-refractivity contribution in [2.75, 3.05) is 19.7 Å². The molecular weight excluding hydrogens is 362 g/mol. The maximum atomic E-state index is 13.1. The van der Waals surface area contributed by atoms with Crippen molar-refractivity contribution >= 4 is 21.1 Å². The Morgan fingerprint density at radius 3 is 2.85 bits per heavy atom. The van der Waals surface area contributed by atoms with Crippen LogP contribution in [-0.2, 0) is 14.8 Å². The maximum Gasteiger partial charge on any atom is 0.246 e. The highest BCUT2D eigenvalue weighted by Gasteiger charge is 2.35. The number of hydrogen-bond acceptors (Lipinski definition) is 9. The minimum Gasteiger partial charge on any atom is -0.422 e. The summed E-state index contributed by atoms with van der Waals surface area (Å²) in [5.41, 5.74) is 0.588. The summed E-state index contributed by atoms with van der Waals surface area (Å²) < 4.78 is 43.4. The van der Waals surface area contributed by atoms with Crippen LogP contribution in [0.1, 0.15) is 37.7 Å². The number of sulfonamides is 1. The van der Waals surface area contributed by atoms with E-state index in [1.165, 1.54) is 10.4 Å². The molecule has 1 saturated heterocycles. The molecule has 0 saturated carbocycles. The van der Waals surface area contributed by atoms with Crippen molar-refractivity contribution in [3.05, 3.63) is 30.0 Å². The number of ether oxygens (including phenoxy) is 1. The van der Waals surface area contributed by atoms with Gasteiger partial charge in [-0.15, -0.1) is 10.2 Å². The third-order valence-corrected chi connectivity index (χ3v) is 6.02. The number of morpholine rings is 1. The summed E-state index contributed by atoms with van der Waals surface area (Å²) in [6, 6.07) is 4.72.